The molecule has 1 fully saturated rings. The number of carbonyl (C=O) groups is 3. The Morgan fingerprint density at radius 2 is 2.00 bits per heavy atom. The van der Waals surface area contributed by atoms with Gasteiger partial charge < -0.3 is 14.8 Å². The zero-order valence-corrected chi connectivity index (χ0v) is 19.2. The van der Waals surface area contributed by atoms with Crippen LogP contribution >= 0.6 is 11.8 Å². The maximum atomic E-state index is 13.2. The number of likely N-dealkylation sites (tertiary alicyclic amines) is 1. The quantitative estimate of drug-likeness (QED) is 0.671. The summed E-state index contributed by atoms with van der Waals surface area (Å²) >= 11 is 1.32. The first kappa shape index (κ1) is 22.3. The molecule has 10 heteroatoms. The van der Waals surface area contributed by atoms with E-state index in [4.69, 9.17) is 0 Å². The number of rotatable bonds is 6. The first-order valence-electron chi connectivity index (χ1n) is 11.0. The number of fused-ring (bicyclic) bond motifs is 1. The monoisotopic (exact) mass is 456 g/mol. The highest BCUT2D eigenvalue weighted by molar-refractivity contribution is 8.00. The van der Waals surface area contributed by atoms with Crippen LogP contribution in [0.25, 0.3) is 0 Å². The minimum Gasteiger partial charge on any atom is -0.335 e. The lowest BCUT2D eigenvalue weighted by Crippen LogP contribution is -2.45. The second-order valence-corrected chi connectivity index (χ2v) is 9.33. The minimum atomic E-state index is -0.462. The van der Waals surface area contributed by atoms with Crippen molar-refractivity contribution < 1.29 is 14.4 Å². The number of para-hydroxylation sites is 2. The Balaban J connectivity index is 1.49. The van der Waals surface area contributed by atoms with Crippen LogP contribution in [0.4, 0.5) is 11.4 Å². The van der Waals surface area contributed by atoms with E-state index in [1.807, 2.05) is 41.5 Å². The van der Waals surface area contributed by atoms with Crippen LogP contribution in [-0.2, 0) is 27.5 Å². The van der Waals surface area contributed by atoms with E-state index >= 15 is 0 Å². The van der Waals surface area contributed by atoms with E-state index < -0.39 is 5.25 Å². The van der Waals surface area contributed by atoms with Gasteiger partial charge in [-0.3, -0.25) is 19.3 Å². The number of nitrogens with one attached hydrogen (secondary N) is 1. The van der Waals surface area contributed by atoms with E-state index in [0.717, 1.165) is 31.6 Å². The van der Waals surface area contributed by atoms with Crippen molar-refractivity contribution in [1.82, 2.24) is 19.7 Å². The normalized spacial score (nSPS) is 17.6. The van der Waals surface area contributed by atoms with Crippen molar-refractivity contribution >= 4 is 40.9 Å². The fourth-order valence-corrected chi connectivity index (χ4v) is 5.07. The van der Waals surface area contributed by atoms with E-state index in [0.29, 0.717) is 36.0 Å². The van der Waals surface area contributed by atoms with Gasteiger partial charge in [0.05, 0.1) is 23.2 Å². The topological polar surface area (TPSA) is 100 Å². The summed E-state index contributed by atoms with van der Waals surface area (Å²) in [4.78, 5) is 41.1. The highest BCUT2D eigenvalue weighted by atomic mass is 32.2. The van der Waals surface area contributed by atoms with Crippen molar-refractivity contribution in [3.8, 4) is 0 Å². The van der Waals surface area contributed by atoms with Crippen molar-refractivity contribution in [2.24, 2.45) is 0 Å². The summed E-state index contributed by atoms with van der Waals surface area (Å²) in [7, 11) is 0. The van der Waals surface area contributed by atoms with Crippen LogP contribution in [0.15, 0.2) is 29.4 Å². The van der Waals surface area contributed by atoms with Crippen molar-refractivity contribution in [2.75, 3.05) is 23.3 Å². The zero-order chi connectivity index (χ0) is 22.7. The SMILES string of the molecule is CCn1c(CN2CCCCCC2=O)nnc1SC(C)C(=O)N1CC(=O)Nc2ccccc21. The lowest BCUT2D eigenvalue weighted by atomic mass is 10.2. The Hall–Kier alpha value is -2.88. The van der Waals surface area contributed by atoms with E-state index in [9.17, 15) is 14.4 Å². The van der Waals surface area contributed by atoms with Crippen LogP contribution in [0, 0.1) is 0 Å². The molecular weight excluding hydrogens is 428 g/mol. The molecule has 0 bridgehead atoms. The molecule has 3 heterocycles. The number of aromatic nitrogens is 3. The van der Waals surface area contributed by atoms with Gasteiger partial charge in [0.25, 0.3) is 0 Å². The average Bonchev–Trinajstić information content (AvgIpc) is 3.05. The molecule has 2 aliphatic heterocycles. The third-order valence-corrected chi connectivity index (χ3v) is 6.85. The molecule has 1 atom stereocenters. The van der Waals surface area contributed by atoms with Crippen LogP contribution in [0.2, 0.25) is 0 Å². The van der Waals surface area contributed by atoms with Gasteiger partial charge in [0, 0.05) is 19.5 Å². The van der Waals surface area contributed by atoms with Crippen LogP contribution in [0.3, 0.4) is 0 Å². The van der Waals surface area contributed by atoms with Gasteiger partial charge in [-0.05, 0) is 38.8 Å². The second-order valence-electron chi connectivity index (χ2n) is 8.02. The fourth-order valence-electron chi connectivity index (χ4n) is 4.08. The number of hydrogen-bond acceptors (Lipinski definition) is 6. The molecule has 0 saturated carbocycles. The number of nitrogens with zero attached hydrogens (tertiary/aromatic N) is 5. The summed E-state index contributed by atoms with van der Waals surface area (Å²) in [6, 6.07) is 7.29. The van der Waals surface area contributed by atoms with Crippen molar-refractivity contribution in [2.45, 2.75) is 63.0 Å². The number of hydrogen-bond donors (Lipinski definition) is 1. The molecule has 4 rings (SSSR count). The number of thioether (sulfide) groups is 1. The molecule has 1 unspecified atom stereocenters. The second kappa shape index (κ2) is 9.72. The molecule has 3 amide bonds. The summed E-state index contributed by atoms with van der Waals surface area (Å²) in [5.41, 5.74) is 1.33. The third kappa shape index (κ3) is 4.64. The average molecular weight is 457 g/mol. The summed E-state index contributed by atoms with van der Waals surface area (Å²) in [6.45, 7) is 5.62. The Morgan fingerprint density at radius 1 is 1.19 bits per heavy atom. The maximum Gasteiger partial charge on any atom is 0.244 e. The lowest BCUT2D eigenvalue weighted by Gasteiger charge is -2.30. The van der Waals surface area contributed by atoms with E-state index in [-0.39, 0.29) is 24.3 Å². The van der Waals surface area contributed by atoms with Crippen LogP contribution in [0.5, 0.6) is 0 Å². The summed E-state index contributed by atoms with van der Waals surface area (Å²) < 4.78 is 1.96. The van der Waals surface area contributed by atoms with E-state index in [2.05, 4.69) is 15.5 Å². The first-order valence-corrected chi connectivity index (χ1v) is 11.9. The van der Waals surface area contributed by atoms with Gasteiger partial charge >= 0.3 is 0 Å². The molecule has 2 aromatic rings. The van der Waals surface area contributed by atoms with Gasteiger partial charge in [-0.15, -0.1) is 10.2 Å². The van der Waals surface area contributed by atoms with Crippen molar-refractivity contribution in [3.05, 3.63) is 30.1 Å². The zero-order valence-electron chi connectivity index (χ0n) is 18.4. The van der Waals surface area contributed by atoms with Gasteiger partial charge in [-0.25, -0.2) is 0 Å². The third-order valence-electron chi connectivity index (χ3n) is 5.78. The van der Waals surface area contributed by atoms with Gasteiger partial charge in [0.1, 0.15) is 6.54 Å². The number of anilines is 2. The van der Waals surface area contributed by atoms with Gasteiger partial charge in [-0.1, -0.05) is 30.3 Å². The summed E-state index contributed by atoms with van der Waals surface area (Å²) in [5, 5.41) is 11.6. The first-order chi connectivity index (χ1) is 15.5. The molecule has 9 nitrogen and oxygen atoms in total. The summed E-state index contributed by atoms with van der Waals surface area (Å²) in [5.74, 6) is 0.517. The molecule has 0 spiro atoms. The Morgan fingerprint density at radius 3 is 2.81 bits per heavy atom. The molecular formula is C22H28N6O3S. The molecule has 0 aliphatic carbocycles. The van der Waals surface area contributed by atoms with Crippen LogP contribution < -0.4 is 10.2 Å². The molecule has 170 valence electrons. The Labute approximate surface area is 191 Å². The predicted molar refractivity (Wildman–Crippen MR) is 122 cm³/mol. The summed E-state index contributed by atoms with van der Waals surface area (Å²) in [6.07, 6.45) is 3.59. The standard InChI is InChI=1S/C22H28N6O3S/c1-3-27-18(13-26-12-8-4-5-11-20(26)30)24-25-22(27)32-15(2)21(31)28-14-19(29)23-16-9-6-7-10-17(16)28/h6-7,9-10,15H,3-5,8,11-14H2,1-2H3,(H,23,29). The van der Waals surface area contributed by atoms with Gasteiger partial charge in [-0.2, -0.15) is 0 Å². The molecule has 32 heavy (non-hydrogen) atoms. The Bertz CT molecular complexity index is 1020. The van der Waals surface area contributed by atoms with Gasteiger partial charge in [0.2, 0.25) is 17.7 Å². The molecule has 1 aromatic carbocycles. The number of benzene rings is 1. The van der Waals surface area contributed by atoms with E-state index in [1.165, 1.54) is 16.7 Å². The largest absolute Gasteiger partial charge is 0.335 e. The highest BCUT2D eigenvalue weighted by Gasteiger charge is 2.31. The lowest BCUT2D eigenvalue weighted by molar-refractivity contribution is -0.131. The molecule has 1 saturated heterocycles. The minimum absolute atomic E-state index is 0.0104. The molecule has 1 N–H and O–H groups in total. The fraction of sp³-hybridized carbons (Fsp3) is 0.500. The number of amides is 3. The highest BCUT2D eigenvalue weighted by Crippen LogP contribution is 2.32. The smallest absolute Gasteiger partial charge is 0.244 e. The van der Waals surface area contributed by atoms with Gasteiger partial charge in [0.15, 0.2) is 11.0 Å². The van der Waals surface area contributed by atoms with Crippen molar-refractivity contribution in [3.63, 3.8) is 0 Å². The van der Waals surface area contributed by atoms with E-state index in [1.54, 1.807) is 6.07 Å². The number of carbonyl (C=O) groups excluding carboxylic acids is 3. The maximum absolute atomic E-state index is 13.2. The van der Waals surface area contributed by atoms with Crippen molar-refractivity contribution in [1.29, 1.82) is 0 Å². The predicted octanol–water partition coefficient (Wildman–Crippen LogP) is 2.67. The molecule has 1 aromatic heterocycles. The molecule has 0 radical (unpaired) electrons. The Kier molecular flexibility index (Phi) is 6.78. The van der Waals surface area contributed by atoms with Crippen LogP contribution in [0.1, 0.15) is 45.4 Å². The van der Waals surface area contributed by atoms with Crippen LogP contribution in [-0.4, -0.2) is 55.7 Å². The molecule has 2 aliphatic rings.